The molecule has 0 aromatic carbocycles. The minimum absolute atomic E-state index is 0.127. The summed E-state index contributed by atoms with van der Waals surface area (Å²) in [7, 11) is 5.52. The quantitative estimate of drug-likeness (QED) is 0.463. The topological polar surface area (TPSA) is 32.6 Å². The maximum absolute atomic E-state index is 12.1. The first-order valence-corrected chi connectivity index (χ1v) is 7.81. The Morgan fingerprint density at radius 1 is 1.41 bits per heavy atom. The molecule has 0 atom stereocenters. The van der Waals surface area contributed by atoms with Crippen molar-refractivity contribution >= 4 is 21.9 Å². The lowest BCUT2D eigenvalue weighted by molar-refractivity contribution is -0.135. The predicted octanol–water partition coefficient (Wildman–Crippen LogP) is 3.53. The van der Waals surface area contributed by atoms with Crippen molar-refractivity contribution in [2.75, 3.05) is 20.6 Å². The summed E-state index contributed by atoms with van der Waals surface area (Å²) in [6.07, 6.45) is -2.25. The van der Waals surface area contributed by atoms with E-state index in [-0.39, 0.29) is 6.42 Å². The van der Waals surface area contributed by atoms with Crippen LogP contribution < -0.4 is 5.32 Å². The zero-order valence-corrected chi connectivity index (χ0v) is 14.6. The fourth-order valence-electron chi connectivity index (χ4n) is 2.08. The first-order valence-electron chi connectivity index (χ1n) is 7.02. The van der Waals surface area contributed by atoms with Gasteiger partial charge in [-0.1, -0.05) is 0 Å². The van der Waals surface area contributed by atoms with Gasteiger partial charge in [0.15, 0.2) is 5.96 Å². The minimum atomic E-state index is -4.07. The van der Waals surface area contributed by atoms with Crippen LogP contribution in [0, 0.1) is 0 Å². The molecule has 4 nitrogen and oxygen atoms in total. The van der Waals surface area contributed by atoms with Crippen LogP contribution in [0.2, 0.25) is 0 Å². The average molecular weight is 383 g/mol. The summed E-state index contributed by atoms with van der Waals surface area (Å²) in [5.74, 6) is 0.671. The Bertz CT molecular complexity index is 497. The monoisotopic (exact) mass is 382 g/mol. The first-order chi connectivity index (χ1) is 10.2. The molecule has 0 bridgehead atoms. The summed E-state index contributed by atoms with van der Waals surface area (Å²) in [5.41, 5.74) is 1.11. The summed E-state index contributed by atoms with van der Waals surface area (Å²) >= 11 is 3.43. The van der Waals surface area contributed by atoms with Gasteiger partial charge in [0.2, 0.25) is 0 Å². The maximum atomic E-state index is 12.1. The molecular weight excluding hydrogens is 361 g/mol. The highest BCUT2D eigenvalue weighted by Crippen LogP contribution is 2.21. The van der Waals surface area contributed by atoms with Gasteiger partial charge in [0.1, 0.15) is 0 Å². The largest absolute Gasteiger partial charge is 0.389 e. The molecule has 22 heavy (non-hydrogen) atoms. The molecule has 0 saturated carbocycles. The van der Waals surface area contributed by atoms with Gasteiger partial charge in [-0.05, 0) is 34.8 Å². The summed E-state index contributed by atoms with van der Waals surface area (Å²) < 4.78 is 39.2. The summed E-state index contributed by atoms with van der Waals surface area (Å²) in [6.45, 7) is 1.13. The number of alkyl halides is 3. The van der Waals surface area contributed by atoms with E-state index >= 15 is 0 Å². The second-order valence-corrected chi connectivity index (χ2v) is 6.08. The van der Waals surface area contributed by atoms with Gasteiger partial charge in [0.25, 0.3) is 0 Å². The van der Waals surface area contributed by atoms with E-state index in [1.165, 1.54) is 0 Å². The summed E-state index contributed by atoms with van der Waals surface area (Å²) in [5, 5.41) is 3.09. The number of aliphatic imine (C=N–C) groups is 1. The zero-order valence-electron chi connectivity index (χ0n) is 13.0. The van der Waals surface area contributed by atoms with Crippen molar-refractivity contribution in [2.45, 2.75) is 32.0 Å². The number of rotatable bonds is 6. The number of halogens is 4. The van der Waals surface area contributed by atoms with Gasteiger partial charge in [0, 0.05) is 50.5 Å². The van der Waals surface area contributed by atoms with Gasteiger partial charge < -0.3 is 14.8 Å². The molecule has 0 fully saturated rings. The number of nitrogens with zero attached hydrogens (tertiary/aromatic N) is 3. The molecule has 1 rings (SSSR count). The second kappa shape index (κ2) is 8.45. The molecule has 1 N–H and O–H groups in total. The molecule has 0 aliphatic heterocycles. The van der Waals surface area contributed by atoms with Crippen LogP contribution in [-0.4, -0.2) is 42.2 Å². The van der Waals surface area contributed by atoms with Crippen molar-refractivity contribution < 1.29 is 13.2 Å². The van der Waals surface area contributed by atoms with E-state index in [1.807, 2.05) is 35.8 Å². The Morgan fingerprint density at radius 2 is 2.09 bits per heavy atom. The number of aryl methyl sites for hydroxylation is 1. The lowest BCUT2D eigenvalue weighted by atomic mass is 10.2. The fourth-order valence-corrected chi connectivity index (χ4v) is 2.65. The van der Waals surface area contributed by atoms with Crippen LogP contribution in [0.15, 0.2) is 21.7 Å². The Labute approximate surface area is 137 Å². The van der Waals surface area contributed by atoms with E-state index in [9.17, 15) is 13.2 Å². The van der Waals surface area contributed by atoms with Crippen LogP contribution in [-0.2, 0) is 13.6 Å². The third kappa shape index (κ3) is 6.72. The average Bonchev–Trinajstić information content (AvgIpc) is 2.70. The van der Waals surface area contributed by atoms with E-state index in [0.29, 0.717) is 25.5 Å². The number of hydrogen-bond acceptors (Lipinski definition) is 1. The molecule has 0 unspecified atom stereocenters. The van der Waals surface area contributed by atoms with E-state index in [4.69, 9.17) is 0 Å². The molecule has 0 aliphatic rings. The maximum Gasteiger partial charge on any atom is 0.389 e. The van der Waals surface area contributed by atoms with Crippen molar-refractivity contribution in [3.63, 3.8) is 0 Å². The van der Waals surface area contributed by atoms with Crippen molar-refractivity contribution in [1.82, 2.24) is 14.8 Å². The highest BCUT2D eigenvalue weighted by Gasteiger charge is 2.25. The molecule has 8 heteroatoms. The van der Waals surface area contributed by atoms with E-state index in [0.717, 1.165) is 10.2 Å². The number of hydrogen-bond donors (Lipinski definition) is 1. The molecule has 0 amide bonds. The molecule has 0 radical (unpaired) electrons. The minimum Gasteiger partial charge on any atom is -0.356 e. The molecule has 0 spiro atoms. The fraction of sp³-hybridized carbons (Fsp3) is 0.643. The summed E-state index contributed by atoms with van der Waals surface area (Å²) in [4.78, 5) is 6.09. The van der Waals surface area contributed by atoms with E-state index in [2.05, 4.69) is 26.2 Å². The van der Waals surface area contributed by atoms with Crippen LogP contribution >= 0.6 is 15.9 Å². The van der Waals surface area contributed by atoms with Crippen LogP contribution in [0.1, 0.15) is 25.0 Å². The number of guanidine groups is 1. The molecular formula is C14H22BrF3N4. The smallest absolute Gasteiger partial charge is 0.356 e. The van der Waals surface area contributed by atoms with E-state index < -0.39 is 12.6 Å². The van der Waals surface area contributed by atoms with Crippen LogP contribution in [0.3, 0.4) is 0 Å². The van der Waals surface area contributed by atoms with Crippen molar-refractivity contribution in [3.8, 4) is 0 Å². The van der Waals surface area contributed by atoms with Gasteiger partial charge in [0.05, 0.1) is 6.54 Å². The van der Waals surface area contributed by atoms with Crippen molar-refractivity contribution in [3.05, 3.63) is 22.4 Å². The molecule has 0 saturated heterocycles. The van der Waals surface area contributed by atoms with Crippen LogP contribution in [0.4, 0.5) is 13.2 Å². The van der Waals surface area contributed by atoms with Crippen molar-refractivity contribution in [1.29, 1.82) is 0 Å². The van der Waals surface area contributed by atoms with Gasteiger partial charge >= 0.3 is 6.18 Å². The lowest BCUT2D eigenvalue weighted by Crippen LogP contribution is -2.39. The van der Waals surface area contributed by atoms with Gasteiger partial charge in [-0.3, -0.25) is 4.99 Å². The molecule has 0 aliphatic carbocycles. The Morgan fingerprint density at radius 3 is 2.59 bits per heavy atom. The number of unbranched alkanes of at least 4 members (excludes halogenated alkanes) is 1. The third-order valence-corrected chi connectivity index (χ3v) is 3.65. The van der Waals surface area contributed by atoms with Gasteiger partial charge in [-0.15, -0.1) is 0 Å². The number of aromatic nitrogens is 1. The summed E-state index contributed by atoms with van der Waals surface area (Å²) in [6, 6.07) is 2.02. The van der Waals surface area contributed by atoms with E-state index in [1.54, 1.807) is 7.05 Å². The Hall–Kier alpha value is -1.18. The normalized spacial score (nSPS) is 12.6. The number of nitrogens with one attached hydrogen (secondary N) is 1. The highest BCUT2D eigenvalue weighted by molar-refractivity contribution is 9.10. The second-order valence-electron chi connectivity index (χ2n) is 5.16. The highest BCUT2D eigenvalue weighted by atomic mass is 79.9. The SMILES string of the molecule is CN=C(NCCCCC(F)(F)F)N(C)Cc1cc(Br)cn1C. The van der Waals surface area contributed by atoms with Crippen LogP contribution in [0.5, 0.6) is 0 Å². The Kier molecular flexibility index (Phi) is 7.25. The lowest BCUT2D eigenvalue weighted by Gasteiger charge is -2.22. The molecule has 126 valence electrons. The first kappa shape index (κ1) is 18.9. The Balaban J connectivity index is 2.39. The predicted molar refractivity (Wildman–Crippen MR) is 85.8 cm³/mol. The van der Waals surface area contributed by atoms with Crippen molar-refractivity contribution in [2.24, 2.45) is 12.0 Å². The molecule has 1 heterocycles. The van der Waals surface area contributed by atoms with Gasteiger partial charge in [-0.2, -0.15) is 13.2 Å². The zero-order chi connectivity index (χ0) is 16.8. The van der Waals surface area contributed by atoms with Gasteiger partial charge in [-0.25, -0.2) is 0 Å². The standard InChI is InChI=1S/C14H22BrF3N4/c1-19-13(20-7-5-4-6-14(16,17)18)22(3)10-12-8-11(15)9-21(12)2/h8-9H,4-7,10H2,1-3H3,(H,19,20). The molecule has 1 aromatic heterocycles. The molecule has 1 aromatic rings. The van der Waals surface area contributed by atoms with Crippen LogP contribution in [0.25, 0.3) is 0 Å². The third-order valence-electron chi connectivity index (χ3n) is 3.22.